The first-order valence-electron chi connectivity index (χ1n) is 11.9. The number of benzene rings is 1. The number of rotatable bonds is 6. The maximum Gasteiger partial charge on any atom is 0.247 e. The number of fused-ring (bicyclic) bond motifs is 1. The van der Waals surface area contributed by atoms with Crippen LogP contribution in [-0.4, -0.2) is 59.7 Å². The van der Waals surface area contributed by atoms with E-state index in [1.165, 1.54) is 9.80 Å². The maximum absolute atomic E-state index is 14.0. The van der Waals surface area contributed by atoms with E-state index in [1.807, 2.05) is 0 Å². The minimum Gasteiger partial charge on any atom is -0.341 e. The molecule has 0 spiro atoms. The van der Waals surface area contributed by atoms with E-state index in [9.17, 15) is 27.6 Å². The highest BCUT2D eigenvalue weighted by molar-refractivity contribution is 6.02. The first kappa shape index (κ1) is 25.5. The summed E-state index contributed by atoms with van der Waals surface area (Å²) in [7, 11) is 0. The Hall–Kier alpha value is -3.58. The van der Waals surface area contributed by atoms with E-state index in [0.717, 1.165) is 25.3 Å². The Kier molecular flexibility index (Phi) is 7.79. The van der Waals surface area contributed by atoms with Crippen molar-refractivity contribution in [2.45, 2.75) is 44.7 Å². The minimum absolute atomic E-state index is 0.0535. The van der Waals surface area contributed by atoms with Crippen LogP contribution in [0.15, 0.2) is 24.3 Å². The number of halogens is 3. The molecule has 190 valence electrons. The Morgan fingerprint density at radius 1 is 0.972 bits per heavy atom. The van der Waals surface area contributed by atoms with Gasteiger partial charge in [-0.2, -0.15) is 0 Å². The van der Waals surface area contributed by atoms with Crippen LogP contribution in [-0.2, 0) is 27.3 Å². The van der Waals surface area contributed by atoms with Crippen LogP contribution in [0.2, 0.25) is 0 Å². The molecule has 2 aliphatic rings. The number of hydrogen-bond donors (Lipinski definition) is 1. The van der Waals surface area contributed by atoms with Crippen LogP contribution in [0.1, 0.15) is 36.8 Å². The van der Waals surface area contributed by atoms with Gasteiger partial charge < -0.3 is 20.4 Å². The van der Waals surface area contributed by atoms with E-state index in [0.29, 0.717) is 30.4 Å². The minimum atomic E-state index is -1.31. The molecular weight excluding hydrogens is 473 g/mol. The highest BCUT2D eigenvalue weighted by atomic mass is 19.2. The Labute approximate surface area is 207 Å². The van der Waals surface area contributed by atoms with Crippen molar-refractivity contribution in [1.29, 1.82) is 0 Å². The van der Waals surface area contributed by atoms with Gasteiger partial charge in [0.2, 0.25) is 17.7 Å². The molecule has 0 radical (unpaired) electrons. The number of carbonyl (C=O) groups excluding carboxylic acids is 3. The molecule has 7 nitrogen and oxygen atoms in total. The fourth-order valence-corrected chi connectivity index (χ4v) is 4.57. The first-order chi connectivity index (χ1) is 17.2. The zero-order valence-corrected chi connectivity index (χ0v) is 19.7. The molecule has 10 heteroatoms. The lowest BCUT2D eigenvalue weighted by atomic mass is 10.0. The summed E-state index contributed by atoms with van der Waals surface area (Å²) in [6, 6.07) is 9.29. The Morgan fingerprint density at radius 3 is 2.44 bits per heavy atom. The van der Waals surface area contributed by atoms with Crippen LogP contribution in [0.4, 0.5) is 18.9 Å². The summed E-state index contributed by atoms with van der Waals surface area (Å²) in [5, 5.41) is 0. The van der Waals surface area contributed by atoms with Crippen molar-refractivity contribution in [3.8, 4) is 0 Å². The van der Waals surface area contributed by atoms with Crippen molar-refractivity contribution in [3.05, 3.63) is 65.0 Å². The number of anilines is 1. The number of carbonyl (C=O) groups is 3. The lowest BCUT2D eigenvalue weighted by Crippen LogP contribution is -2.47. The molecule has 0 bridgehead atoms. The largest absolute Gasteiger partial charge is 0.341 e. The van der Waals surface area contributed by atoms with Gasteiger partial charge in [-0.05, 0) is 49.4 Å². The third-order valence-electron chi connectivity index (χ3n) is 6.49. The molecular formula is C26H27F3N4O3. The van der Waals surface area contributed by atoms with Gasteiger partial charge in [-0.1, -0.05) is 12.1 Å². The molecule has 1 saturated heterocycles. The van der Waals surface area contributed by atoms with Gasteiger partial charge in [0, 0.05) is 37.2 Å². The third-order valence-corrected chi connectivity index (χ3v) is 6.49. The van der Waals surface area contributed by atoms with Crippen LogP contribution >= 0.6 is 0 Å². The molecule has 2 aromatic carbocycles. The summed E-state index contributed by atoms with van der Waals surface area (Å²) in [5.74, 6) is -4.50. The number of likely N-dealkylation sites (tertiary alicyclic amines) is 1. The molecule has 2 aliphatic heterocycles. The average molecular weight is 501 g/mol. The van der Waals surface area contributed by atoms with Crippen LogP contribution in [0.5, 0.6) is 0 Å². The van der Waals surface area contributed by atoms with Gasteiger partial charge in [-0.15, -0.1) is 0 Å². The van der Waals surface area contributed by atoms with E-state index in [-0.39, 0.29) is 43.9 Å². The predicted molar refractivity (Wildman–Crippen MR) is 125 cm³/mol. The van der Waals surface area contributed by atoms with Crippen LogP contribution in [0.25, 0.3) is 0 Å². The molecule has 4 rings (SSSR count). The highest BCUT2D eigenvalue weighted by Crippen LogP contribution is 2.25. The molecule has 2 heterocycles. The molecule has 0 aromatic heterocycles. The lowest BCUT2D eigenvalue weighted by Gasteiger charge is -2.30. The summed E-state index contributed by atoms with van der Waals surface area (Å²) < 4.78 is 40.7. The number of amides is 3. The van der Waals surface area contributed by atoms with Crippen molar-refractivity contribution in [3.63, 3.8) is 0 Å². The molecule has 0 saturated carbocycles. The van der Waals surface area contributed by atoms with E-state index < -0.39 is 35.3 Å². The lowest BCUT2D eigenvalue weighted by molar-refractivity contribution is -0.136. The molecule has 3 amide bonds. The fourth-order valence-electron chi connectivity index (χ4n) is 4.57. The molecule has 36 heavy (non-hydrogen) atoms. The van der Waals surface area contributed by atoms with E-state index in [1.54, 1.807) is 17.0 Å². The number of hydrogen-bond acceptors (Lipinski definition) is 4. The maximum atomic E-state index is 14.0. The van der Waals surface area contributed by atoms with Gasteiger partial charge >= 0.3 is 0 Å². The van der Waals surface area contributed by atoms with Gasteiger partial charge in [0.1, 0.15) is 18.9 Å². The fraction of sp³-hybridized carbons (Fsp3) is 0.423. The van der Waals surface area contributed by atoms with E-state index >= 15 is 0 Å². The summed E-state index contributed by atoms with van der Waals surface area (Å²) in [5.41, 5.74) is 6.91. The van der Waals surface area contributed by atoms with Gasteiger partial charge in [0.25, 0.3) is 0 Å². The molecule has 2 N–H and O–H groups in total. The van der Waals surface area contributed by atoms with Gasteiger partial charge in [-0.25, -0.2) is 13.2 Å². The van der Waals surface area contributed by atoms with Crippen LogP contribution in [0.3, 0.4) is 0 Å². The SMILES string of the molecule is N[C@@H](CC(=O)N1CC(=O)N(CC(=O)N2CCCCC2)c2ccc#cc2C1)Cc1cc(F)c(F)cc1F. The molecule has 0 unspecified atom stereocenters. The topological polar surface area (TPSA) is 87.0 Å². The van der Waals surface area contributed by atoms with E-state index in [4.69, 9.17) is 5.73 Å². The smallest absolute Gasteiger partial charge is 0.247 e. The van der Waals surface area contributed by atoms with Gasteiger partial charge in [0.15, 0.2) is 11.6 Å². The van der Waals surface area contributed by atoms with Gasteiger partial charge in [-0.3, -0.25) is 14.4 Å². The standard InChI is InChI=1S/C26H27F3N4O3/c27-20-13-22(29)21(28)11-18(20)10-19(30)12-24(34)32-14-17-6-2-3-7-23(17)33(26(36)15-32)16-25(35)31-8-4-1-5-9-31/h3,7,11,13,19H,1,4-5,8-10,12,14-16,30H2/t19-/m1/s1. The Bertz CT molecular complexity index is 1150. The average Bonchev–Trinajstić information content (AvgIpc) is 2.99. The van der Waals surface area contributed by atoms with Crippen molar-refractivity contribution in [1.82, 2.24) is 9.80 Å². The zero-order valence-electron chi connectivity index (χ0n) is 19.7. The van der Waals surface area contributed by atoms with Gasteiger partial charge in [0.05, 0.1) is 12.2 Å². The summed E-state index contributed by atoms with van der Waals surface area (Å²) in [6.45, 7) is 0.951. The molecule has 2 aromatic rings. The van der Waals surface area contributed by atoms with Crippen molar-refractivity contribution in [2.75, 3.05) is 31.1 Å². The number of piperidine rings is 1. The second-order valence-electron chi connectivity index (χ2n) is 9.16. The third kappa shape index (κ3) is 5.79. The Morgan fingerprint density at radius 2 is 1.69 bits per heavy atom. The second kappa shape index (κ2) is 11.0. The number of nitrogens with two attached hydrogens (primary N) is 1. The molecule has 1 atom stereocenters. The van der Waals surface area contributed by atoms with Crippen LogP contribution in [0, 0.1) is 29.6 Å². The van der Waals surface area contributed by atoms with E-state index in [2.05, 4.69) is 12.1 Å². The van der Waals surface area contributed by atoms with Crippen molar-refractivity contribution >= 4 is 23.4 Å². The monoisotopic (exact) mass is 500 g/mol. The first-order valence-corrected chi connectivity index (χ1v) is 11.9. The predicted octanol–water partition coefficient (Wildman–Crippen LogP) is 2.35. The summed E-state index contributed by atoms with van der Waals surface area (Å²) in [6.07, 6.45) is 2.49. The highest BCUT2D eigenvalue weighted by Gasteiger charge is 2.32. The Balaban J connectivity index is 1.46. The normalized spacial score (nSPS) is 16.8. The quantitative estimate of drug-likeness (QED) is 0.617. The zero-order chi connectivity index (χ0) is 25.8. The van der Waals surface area contributed by atoms with Crippen molar-refractivity contribution in [2.24, 2.45) is 5.73 Å². The summed E-state index contributed by atoms with van der Waals surface area (Å²) >= 11 is 0. The number of nitrogens with zero attached hydrogens (tertiary/aromatic N) is 3. The van der Waals surface area contributed by atoms with Crippen LogP contribution < -0.4 is 10.6 Å². The molecule has 1 fully saturated rings. The molecule has 0 aliphatic carbocycles. The summed E-state index contributed by atoms with van der Waals surface area (Å²) in [4.78, 5) is 43.5. The van der Waals surface area contributed by atoms with Crippen molar-refractivity contribution < 1.29 is 27.6 Å². The second-order valence-corrected chi connectivity index (χ2v) is 9.16.